The first-order valence-corrected chi connectivity index (χ1v) is 8.37. The molecule has 0 N–H and O–H groups in total. The van der Waals surface area contributed by atoms with E-state index in [1.807, 2.05) is 38.4 Å². The van der Waals surface area contributed by atoms with Crippen molar-refractivity contribution in [1.29, 1.82) is 0 Å². The minimum absolute atomic E-state index is 0.286. The largest absolute Gasteiger partial charge is 0.443 e. The summed E-state index contributed by atoms with van der Waals surface area (Å²) in [6.45, 7) is 6.35. The number of aromatic nitrogens is 1. The number of nitrogens with zero attached hydrogens (tertiary/aromatic N) is 2. The standard InChI is InChI=1S/C17H20N2O2S/c1-17(2,3)21-16(20)19-10-5-4-8-13(19)12-7-6-9-14-15(12)18-11-22-14/h6-9,11H,4-5,10H2,1-3H3. The average Bonchev–Trinajstić information content (AvgIpc) is 2.93. The molecular formula is C17H20N2O2S. The topological polar surface area (TPSA) is 42.4 Å². The Hall–Kier alpha value is -1.88. The third-order valence-electron chi connectivity index (χ3n) is 3.46. The van der Waals surface area contributed by atoms with E-state index in [9.17, 15) is 4.79 Å². The first kappa shape index (κ1) is 15.0. The SMILES string of the molecule is CC(C)(C)OC(=O)N1CCCC=C1c1cccc2scnc12. The van der Waals surface area contributed by atoms with E-state index in [-0.39, 0.29) is 6.09 Å². The van der Waals surface area contributed by atoms with E-state index in [2.05, 4.69) is 17.1 Å². The molecule has 0 radical (unpaired) electrons. The summed E-state index contributed by atoms with van der Waals surface area (Å²) in [4.78, 5) is 18.7. The lowest BCUT2D eigenvalue weighted by Crippen LogP contribution is -2.37. The van der Waals surface area contributed by atoms with Crippen LogP contribution >= 0.6 is 11.3 Å². The molecule has 0 fully saturated rings. The number of benzene rings is 1. The van der Waals surface area contributed by atoms with Gasteiger partial charge < -0.3 is 4.74 Å². The molecule has 0 unspecified atom stereocenters. The van der Waals surface area contributed by atoms with Crippen molar-refractivity contribution >= 4 is 33.3 Å². The van der Waals surface area contributed by atoms with Gasteiger partial charge >= 0.3 is 6.09 Å². The lowest BCUT2D eigenvalue weighted by atomic mass is 10.0. The predicted molar refractivity (Wildman–Crippen MR) is 89.8 cm³/mol. The summed E-state index contributed by atoms with van der Waals surface area (Å²) in [5.41, 5.74) is 4.22. The second kappa shape index (κ2) is 5.72. The van der Waals surface area contributed by atoms with Crippen molar-refractivity contribution in [2.24, 2.45) is 0 Å². The van der Waals surface area contributed by atoms with Crippen molar-refractivity contribution in [2.45, 2.75) is 39.2 Å². The number of amides is 1. The number of para-hydroxylation sites is 1. The Bertz CT molecular complexity index is 728. The molecule has 1 aromatic carbocycles. The van der Waals surface area contributed by atoms with E-state index in [0.29, 0.717) is 6.54 Å². The highest BCUT2D eigenvalue weighted by Gasteiger charge is 2.27. The quantitative estimate of drug-likeness (QED) is 0.768. The zero-order valence-electron chi connectivity index (χ0n) is 13.1. The summed E-state index contributed by atoms with van der Waals surface area (Å²) in [5, 5.41) is 0. The molecule has 1 aromatic heterocycles. The molecule has 2 heterocycles. The molecule has 5 heteroatoms. The monoisotopic (exact) mass is 316 g/mol. The Morgan fingerprint density at radius 2 is 2.18 bits per heavy atom. The zero-order valence-corrected chi connectivity index (χ0v) is 13.9. The van der Waals surface area contributed by atoms with E-state index in [1.165, 1.54) is 0 Å². The van der Waals surface area contributed by atoms with Crippen molar-refractivity contribution in [1.82, 2.24) is 9.88 Å². The number of thiazole rings is 1. The molecule has 1 aliphatic rings. The predicted octanol–water partition coefficient (Wildman–Crippen LogP) is 4.67. The highest BCUT2D eigenvalue weighted by Crippen LogP contribution is 2.32. The van der Waals surface area contributed by atoms with Crippen LogP contribution in [0.15, 0.2) is 29.8 Å². The molecule has 0 spiro atoms. The Labute approximate surface area is 134 Å². The van der Waals surface area contributed by atoms with Gasteiger partial charge in [0.05, 0.1) is 21.4 Å². The first-order chi connectivity index (χ1) is 10.5. The van der Waals surface area contributed by atoms with Gasteiger partial charge in [-0.05, 0) is 39.7 Å². The fraction of sp³-hybridized carbons (Fsp3) is 0.412. The molecule has 4 nitrogen and oxygen atoms in total. The number of hydrogen-bond donors (Lipinski definition) is 0. The minimum Gasteiger partial charge on any atom is -0.443 e. The number of allylic oxidation sites excluding steroid dienone is 1. The van der Waals surface area contributed by atoms with E-state index >= 15 is 0 Å². The average molecular weight is 316 g/mol. The van der Waals surface area contributed by atoms with Crippen LogP contribution in [0.5, 0.6) is 0 Å². The summed E-state index contributed by atoms with van der Waals surface area (Å²) >= 11 is 1.61. The third kappa shape index (κ3) is 2.99. The zero-order chi connectivity index (χ0) is 15.7. The van der Waals surface area contributed by atoms with Crippen LogP contribution in [0.1, 0.15) is 39.2 Å². The summed E-state index contributed by atoms with van der Waals surface area (Å²) < 4.78 is 6.68. The van der Waals surface area contributed by atoms with Crippen molar-refractivity contribution in [3.05, 3.63) is 35.3 Å². The van der Waals surface area contributed by atoms with Crippen LogP contribution in [0, 0.1) is 0 Å². The number of fused-ring (bicyclic) bond motifs is 1. The maximum atomic E-state index is 12.5. The van der Waals surface area contributed by atoms with E-state index in [1.54, 1.807) is 16.2 Å². The number of hydrogen-bond acceptors (Lipinski definition) is 4. The molecule has 0 saturated heterocycles. The molecule has 1 amide bonds. The van der Waals surface area contributed by atoms with Crippen LogP contribution in [-0.4, -0.2) is 28.1 Å². The Morgan fingerprint density at radius 3 is 2.95 bits per heavy atom. The summed E-state index contributed by atoms with van der Waals surface area (Å²) in [6.07, 6.45) is 3.75. The Balaban J connectivity index is 1.98. The number of ether oxygens (including phenoxy) is 1. The second-order valence-corrected chi connectivity index (χ2v) is 7.25. The lowest BCUT2D eigenvalue weighted by Gasteiger charge is -2.31. The summed E-state index contributed by atoms with van der Waals surface area (Å²) in [6, 6.07) is 6.09. The van der Waals surface area contributed by atoms with Crippen LogP contribution in [0.3, 0.4) is 0 Å². The van der Waals surface area contributed by atoms with Crippen LogP contribution in [-0.2, 0) is 4.74 Å². The second-order valence-electron chi connectivity index (χ2n) is 6.37. The molecule has 3 rings (SSSR count). The Kier molecular flexibility index (Phi) is 3.91. The maximum absolute atomic E-state index is 12.5. The van der Waals surface area contributed by atoms with Crippen molar-refractivity contribution in [3.63, 3.8) is 0 Å². The minimum atomic E-state index is -0.494. The van der Waals surface area contributed by atoms with E-state index in [0.717, 1.165) is 34.3 Å². The molecule has 116 valence electrons. The molecule has 0 bridgehead atoms. The van der Waals surface area contributed by atoms with Crippen LogP contribution in [0.2, 0.25) is 0 Å². The lowest BCUT2D eigenvalue weighted by molar-refractivity contribution is 0.0347. The van der Waals surface area contributed by atoms with Gasteiger partial charge in [-0.15, -0.1) is 11.3 Å². The van der Waals surface area contributed by atoms with Gasteiger partial charge in [-0.25, -0.2) is 9.78 Å². The van der Waals surface area contributed by atoms with Gasteiger partial charge in [0, 0.05) is 12.1 Å². The van der Waals surface area contributed by atoms with Crippen LogP contribution in [0.4, 0.5) is 4.79 Å². The Morgan fingerprint density at radius 1 is 1.36 bits per heavy atom. The molecule has 0 atom stereocenters. The van der Waals surface area contributed by atoms with Crippen LogP contribution in [0.25, 0.3) is 15.9 Å². The van der Waals surface area contributed by atoms with Gasteiger partial charge in [-0.2, -0.15) is 0 Å². The number of carbonyl (C=O) groups excluding carboxylic acids is 1. The summed E-state index contributed by atoms with van der Waals surface area (Å²) in [5.74, 6) is 0. The van der Waals surface area contributed by atoms with Crippen molar-refractivity contribution in [2.75, 3.05) is 6.54 Å². The van der Waals surface area contributed by atoms with Gasteiger partial charge in [0.15, 0.2) is 0 Å². The van der Waals surface area contributed by atoms with Gasteiger partial charge in [0.1, 0.15) is 5.60 Å². The van der Waals surface area contributed by atoms with Gasteiger partial charge in [0.25, 0.3) is 0 Å². The summed E-state index contributed by atoms with van der Waals surface area (Å²) in [7, 11) is 0. The highest BCUT2D eigenvalue weighted by molar-refractivity contribution is 7.16. The fourth-order valence-corrected chi connectivity index (χ4v) is 3.28. The van der Waals surface area contributed by atoms with Crippen molar-refractivity contribution in [3.8, 4) is 0 Å². The molecule has 22 heavy (non-hydrogen) atoms. The van der Waals surface area contributed by atoms with E-state index < -0.39 is 5.60 Å². The van der Waals surface area contributed by atoms with Gasteiger partial charge in [-0.1, -0.05) is 18.2 Å². The first-order valence-electron chi connectivity index (χ1n) is 7.49. The van der Waals surface area contributed by atoms with Gasteiger partial charge in [0.2, 0.25) is 0 Å². The molecular weight excluding hydrogens is 296 g/mol. The van der Waals surface area contributed by atoms with Crippen LogP contribution < -0.4 is 0 Å². The molecule has 2 aromatic rings. The third-order valence-corrected chi connectivity index (χ3v) is 4.26. The normalized spacial score (nSPS) is 15.8. The fourth-order valence-electron chi connectivity index (χ4n) is 2.57. The van der Waals surface area contributed by atoms with Gasteiger partial charge in [-0.3, -0.25) is 4.90 Å². The molecule has 0 saturated carbocycles. The number of rotatable bonds is 1. The molecule has 1 aliphatic heterocycles. The molecule has 0 aliphatic carbocycles. The van der Waals surface area contributed by atoms with E-state index in [4.69, 9.17) is 4.74 Å². The maximum Gasteiger partial charge on any atom is 0.414 e. The number of carbonyl (C=O) groups is 1. The highest BCUT2D eigenvalue weighted by atomic mass is 32.1. The smallest absolute Gasteiger partial charge is 0.414 e. The van der Waals surface area contributed by atoms with Crippen molar-refractivity contribution < 1.29 is 9.53 Å².